The third-order valence-electron chi connectivity index (χ3n) is 5.15. The van der Waals surface area contributed by atoms with Crippen molar-refractivity contribution in [3.8, 4) is 17.2 Å². The first-order valence-electron chi connectivity index (χ1n) is 11.6. The van der Waals surface area contributed by atoms with E-state index in [2.05, 4.69) is 21.2 Å². The third-order valence-corrected chi connectivity index (χ3v) is 5.58. The van der Waals surface area contributed by atoms with Crippen molar-refractivity contribution in [2.75, 3.05) is 32.7 Å². The molecule has 0 spiro atoms. The summed E-state index contributed by atoms with van der Waals surface area (Å²) in [4.78, 5) is 36.5. The first-order valence-corrected chi connectivity index (χ1v) is 12.3. The maximum Gasteiger partial charge on any atom is 0.329 e. The van der Waals surface area contributed by atoms with Crippen LogP contribution >= 0.6 is 23.2 Å². The number of rotatable bonds is 11. The predicted octanol–water partition coefficient (Wildman–Crippen LogP) is 3.84. The number of carbonyl (C=O) groups excluding carboxylic acids is 3. The summed E-state index contributed by atoms with van der Waals surface area (Å²) in [7, 11) is 3.08. The molecule has 204 valence electrons. The number of carbonyl (C=O) groups is 3. The highest BCUT2D eigenvalue weighted by molar-refractivity contribution is 6.35. The molecule has 0 atom stereocenters. The van der Waals surface area contributed by atoms with Gasteiger partial charge in [0.05, 0.1) is 20.4 Å². The number of para-hydroxylation sites is 1. The van der Waals surface area contributed by atoms with Gasteiger partial charge in [0, 0.05) is 27.8 Å². The Balaban J connectivity index is 1.47. The molecule has 39 heavy (non-hydrogen) atoms. The van der Waals surface area contributed by atoms with Crippen LogP contribution in [0.3, 0.4) is 0 Å². The maximum absolute atomic E-state index is 12.3. The molecule has 0 saturated heterocycles. The van der Waals surface area contributed by atoms with Gasteiger partial charge in [-0.25, -0.2) is 5.43 Å². The van der Waals surface area contributed by atoms with Gasteiger partial charge >= 0.3 is 11.8 Å². The Hall–Kier alpha value is -4.28. The lowest BCUT2D eigenvalue weighted by Gasteiger charge is -2.10. The molecule has 0 bridgehead atoms. The van der Waals surface area contributed by atoms with Gasteiger partial charge in [0.1, 0.15) is 5.75 Å². The number of hydrogen-bond acceptors (Lipinski definition) is 7. The number of nitrogens with zero attached hydrogens (tertiary/aromatic N) is 1. The zero-order valence-corrected chi connectivity index (χ0v) is 22.6. The summed E-state index contributed by atoms with van der Waals surface area (Å²) in [6.45, 7) is -0.0740. The zero-order valence-electron chi connectivity index (χ0n) is 21.1. The third kappa shape index (κ3) is 9.20. The Bertz CT molecular complexity index is 1350. The fraction of sp³-hybridized carbons (Fsp3) is 0.185. The van der Waals surface area contributed by atoms with Crippen LogP contribution in [0.4, 0.5) is 5.69 Å². The summed E-state index contributed by atoms with van der Waals surface area (Å²) in [5, 5.41) is 9.76. The molecule has 3 aromatic carbocycles. The van der Waals surface area contributed by atoms with Crippen molar-refractivity contribution in [2.45, 2.75) is 6.42 Å². The van der Waals surface area contributed by atoms with Crippen LogP contribution in [0.2, 0.25) is 10.0 Å². The van der Waals surface area contributed by atoms with Crippen molar-refractivity contribution < 1.29 is 28.6 Å². The molecule has 0 radical (unpaired) electrons. The molecule has 0 heterocycles. The average molecular weight is 573 g/mol. The second-order valence-electron chi connectivity index (χ2n) is 7.93. The van der Waals surface area contributed by atoms with E-state index in [0.29, 0.717) is 45.0 Å². The fourth-order valence-corrected chi connectivity index (χ4v) is 3.86. The molecule has 0 aliphatic rings. The molecule has 0 aliphatic carbocycles. The zero-order chi connectivity index (χ0) is 28.2. The molecule has 0 fully saturated rings. The van der Waals surface area contributed by atoms with Crippen LogP contribution in [0.15, 0.2) is 65.8 Å². The van der Waals surface area contributed by atoms with Gasteiger partial charge in [0.25, 0.3) is 5.91 Å². The van der Waals surface area contributed by atoms with E-state index >= 15 is 0 Å². The summed E-state index contributed by atoms with van der Waals surface area (Å²) < 4.78 is 16.0. The van der Waals surface area contributed by atoms with Crippen LogP contribution in [0.1, 0.15) is 11.1 Å². The molecular formula is C27H26Cl2N4O6. The number of methoxy groups -OCH3 is 2. The topological polar surface area (TPSA) is 127 Å². The molecule has 3 N–H and O–H groups in total. The van der Waals surface area contributed by atoms with Crippen molar-refractivity contribution >= 4 is 52.8 Å². The molecule has 3 rings (SSSR count). The minimum Gasteiger partial charge on any atom is -0.493 e. The van der Waals surface area contributed by atoms with E-state index in [1.54, 1.807) is 61.7 Å². The Morgan fingerprint density at radius 3 is 2.31 bits per heavy atom. The monoisotopic (exact) mass is 572 g/mol. The molecule has 12 heteroatoms. The SMILES string of the molecule is COc1ccc(CCNC(=O)C(=O)N/N=C\c2ccccc2OCC(=O)Nc2cc(Cl)cc(Cl)c2)cc1OC. The lowest BCUT2D eigenvalue weighted by Crippen LogP contribution is -2.38. The second kappa shape index (κ2) is 14.6. The van der Waals surface area contributed by atoms with Gasteiger partial charge in [0.2, 0.25) is 0 Å². The molecule has 3 aromatic rings. The maximum atomic E-state index is 12.3. The molecule has 0 aliphatic heterocycles. The summed E-state index contributed by atoms with van der Waals surface area (Å²) in [6.07, 6.45) is 1.78. The standard InChI is InChI=1S/C27H26Cl2N4O6/c1-37-23-8-7-17(11-24(23)38-2)9-10-30-26(35)27(36)33-31-15-18-5-3-4-6-22(18)39-16-25(34)32-21-13-19(28)12-20(29)14-21/h3-8,11-15H,9-10,16H2,1-2H3,(H,30,35)(H,32,34)(H,33,36)/b31-15-. The average Bonchev–Trinajstić information content (AvgIpc) is 2.91. The Kier molecular flexibility index (Phi) is 11.0. The summed E-state index contributed by atoms with van der Waals surface area (Å²) in [6, 6.07) is 16.8. The number of amides is 3. The molecule has 0 aromatic heterocycles. The number of anilines is 1. The summed E-state index contributed by atoms with van der Waals surface area (Å²) in [5.74, 6) is -0.691. The number of nitrogens with one attached hydrogen (secondary N) is 3. The molecule has 0 saturated carbocycles. The van der Waals surface area contributed by atoms with Gasteiger partial charge < -0.3 is 24.8 Å². The van der Waals surface area contributed by atoms with E-state index in [4.69, 9.17) is 37.4 Å². The van der Waals surface area contributed by atoms with E-state index < -0.39 is 17.7 Å². The summed E-state index contributed by atoms with van der Waals surface area (Å²) >= 11 is 11.9. The second-order valence-corrected chi connectivity index (χ2v) is 8.80. The van der Waals surface area contributed by atoms with Crippen LogP contribution < -0.4 is 30.3 Å². The van der Waals surface area contributed by atoms with Crippen molar-refractivity contribution in [3.63, 3.8) is 0 Å². The van der Waals surface area contributed by atoms with E-state index in [0.717, 1.165) is 5.56 Å². The van der Waals surface area contributed by atoms with Gasteiger partial charge in [-0.1, -0.05) is 41.4 Å². The summed E-state index contributed by atoms with van der Waals surface area (Å²) in [5.41, 5.74) is 3.97. The van der Waals surface area contributed by atoms with Crippen LogP contribution in [0, 0.1) is 0 Å². The first-order chi connectivity index (χ1) is 18.8. The Labute approximate surface area is 235 Å². The van der Waals surface area contributed by atoms with Crippen molar-refractivity contribution in [1.29, 1.82) is 0 Å². The number of ether oxygens (including phenoxy) is 3. The predicted molar refractivity (Wildman–Crippen MR) is 149 cm³/mol. The van der Waals surface area contributed by atoms with Crippen LogP contribution in [0.25, 0.3) is 0 Å². The number of halogens is 2. The van der Waals surface area contributed by atoms with Crippen LogP contribution in [-0.2, 0) is 20.8 Å². The smallest absolute Gasteiger partial charge is 0.329 e. The fourth-order valence-electron chi connectivity index (χ4n) is 3.33. The minimum absolute atomic E-state index is 0.228. The molecule has 0 unspecified atom stereocenters. The quantitative estimate of drug-likeness (QED) is 0.182. The highest BCUT2D eigenvalue weighted by Gasteiger charge is 2.13. The van der Waals surface area contributed by atoms with Gasteiger partial charge in [-0.05, 0) is 54.4 Å². The van der Waals surface area contributed by atoms with Crippen molar-refractivity contribution in [2.24, 2.45) is 5.10 Å². The molecule has 10 nitrogen and oxygen atoms in total. The Morgan fingerprint density at radius 1 is 0.872 bits per heavy atom. The van der Waals surface area contributed by atoms with Gasteiger partial charge in [-0.15, -0.1) is 0 Å². The van der Waals surface area contributed by atoms with E-state index in [1.165, 1.54) is 13.3 Å². The van der Waals surface area contributed by atoms with Crippen molar-refractivity contribution in [3.05, 3.63) is 81.8 Å². The first kappa shape index (κ1) is 29.3. The van der Waals surface area contributed by atoms with Gasteiger partial charge in [-0.2, -0.15) is 5.10 Å². The van der Waals surface area contributed by atoms with E-state index in [9.17, 15) is 14.4 Å². The highest BCUT2D eigenvalue weighted by atomic mass is 35.5. The van der Waals surface area contributed by atoms with Crippen molar-refractivity contribution in [1.82, 2.24) is 10.7 Å². The van der Waals surface area contributed by atoms with Crippen LogP contribution in [-0.4, -0.2) is 51.3 Å². The number of benzene rings is 3. The molecule has 3 amide bonds. The normalized spacial score (nSPS) is 10.6. The lowest BCUT2D eigenvalue weighted by molar-refractivity contribution is -0.139. The van der Waals surface area contributed by atoms with E-state index in [-0.39, 0.29) is 13.2 Å². The highest BCUT2D eigenvalue weighted by Crippen LogP contribution is 2.27. The van der Waals surface area contributed by atoms with Crippen LogP contribution in [0.5, 0.6) is 17.2 Å². The Morgan fingerprint density at radius 2 is 1.59 bits per heavy atom. The number of hydrazone groups is 1. The molecular weight excluding hydrogens is 547 g/mol. The largest absolute Gasteiger partial charge is 0.493 e. The lowest BCUT2D eigenvalue weighted by atomic mass is 10.1. The minimum atomic E-state index is -0.934. The van der Waals surface area contributed by atoms with E-state index in [1.807, 2.05) is 6.07 Å². The van der Waals surface area contributed by atoms with Gasteiger partial charge in [-0.3, -0.25) is 14.4 Å². The van der Waals surface area contributed by atoms with Gasteiger partial charge in [0.15, 0.2) is 18.1 Å². The number of hydrogen-bond donors (Lipinski definition) is 3.